The largest absolute Gasteiger partial charge is 0.493 e. The SMILES string of the molecule is COc1cc(/C=N\NC(=O)COc2ccc(C)cc2[N+](=O)[O-])ccc1OC(=O)c1ccc(Br)cc1. The third-order valence-corrected chi connectivity index (χ3v) is 5.07. The van der Waals surface area contributed by atoms with Crippen molar-refractivity contribution in [1.82, 2.24) is 5.43 Å². The van der Waals surface area contributed by atoms with E-state index in [1.807, 2.05) is 0 Å². The molecule has 0 saturated heterocycles. The molecule has 0 spiro atoms. The number of halogens is 1. The van der Waals surface area contributed by atoms with E-state index in [0.717, 1.165) is 4.47 Å². The Hall–Kier alpha value is -4.25. The lowest BCUT2D eigenvalue weighted by molar-refractivity contribution is -0.385. The van der Waals surface area contributed by atoms with Gasteiger partial charge in [0.25, 0.3) is 5.91 Å². The quantitative estimate of drug-likeness (QED) is 0.139. The molecule has 0 heterocycles. The van der Waals surface area contributed by atoms with Gasteiger partial charge in [0, 0.05) is 10.5 Å². The Kier molecular flexibility index (Phi) is 8.52. The van der Waals surface area contributed by atoms with Gasteiger partial charge in [0.2, 0.25) is 0 Å². The third-order valence-electron chi connectivity index (χ3n) is 4.54. The van der Waals surface area contributed by atoms with Gasteiger partial charge in [-0.15, -0.1) is 0 Å². The zero-order chi connectivity index (χ0) is 25.4. The van der Waals surface area contributed by atoms with Gasteiger partial charge in [-0.2, -0.15) is 5.10 Å². The molecule has 0 saturated carbocycles. The molecule has 0 bridgehead atoms. The molecule has 11 heteroatoms. The number of hydrogen-bond acceptors (Lipinski definition) is 8. The van der Waals surface area contributed by atoms with E-state index in [4.69, 9.17) is 14.2 Å². The molecule has 3 rings (SSSR count). The molecule has 180 valence electrons. The predicted octanol–water partition coefficient (Wildman–Crippen LogP) is 4.42. The first-order valence-corrected chi connectivity index (χ1v) is 10.9. The zero-order valence-electron chi connectivity index (χ0n) is 18.7. The predicted molar refractivity (Wildman–Crippen MR) is 131 cm³/mol. The minimum atomic E-state index is -0.608. The maximum Gasteiger partial charge on any atom is 0.343 e. The second-order valence-electron chi connectivity index (χ2n) is 7.12. The lowest BCUT2D eigenvalue weighted by atomic mass is 10.2. The van der Waals surface area contributed by atoms with Gasteiger partial charge in [0.1, 0.15) is 0 Å². The van der Waals surface area contributed by atoms with E-state index in [9.17, 15) is 19.7 Å². The number of nitrogens with one attached hydrogen (secondary N) is 1. The van der Waals surface area contributed by atoms with Crippen LogP contribution in [0.15, 0.2) is 70.2 Å². The monoisotopic (exact) mass is 541 g/mol. The van der Waals surface area contributed by atoms with Crippen LogP contribution in [0, 0.1) is 17.0 Å². The number of methoxy groups -OCH3 is 1. The summed E-state index contributed by atoms with van der Waals surface area (Å²) in [5, 5.41) is 15.0. The highest BCUT2D eigenvalue weighted by Gasteiger charge is 2.16. The summed E-state index contributed by atoms with van der Waals surface area (Å²) < 4.78 is 16.8. The van der Waals surface area contributed by atoms with Gasteiger partial charge < -0.3 is 14.2 Å². The summed E-state index contributed by atoms with van der Waals surface area (Å²) in [6.45, 7) is 1.25. The number of hydrogen-bond donors (Lipinski definition) is 1. The molecule has 0 aliphatic carbocycles. The number of nitrogens with zero attached hydrogens (tertiary/aromatic N) is 2. The minimum absolute atomic E-state index is 0.0160. The number of carbonyl (C=O) groups excluding carboxylic acids is 2. The molecule has 0 aromatic heterocycles. The van der Waals surface area contributed by atoms with Crippen LogP contribution < -0.4 is 19.6 Å². The number of nitro groups is 1. The Morgan fingerprint density at radius 1 is 1.06 bits per heavy atom. The van der Waals surface area contributed by atoms with E-state index in [2.05, 4.69) is 26.5 Å². The van der Waals surface area contributed by atoms with Crippen LogP contribution in [0.5, 0.6) is 17.2 Å². The maximum atomic E-state index is 12.3. The fourth-order valence-corrected chi connectivity index (χ4v) is 3.10. The molecule has 10 nitrogen and oxygen atoms in total. The Labute approximate surface area is 208 Å². The summed E-state index contributed by atoms with van der Waals surface area (Å²) in [7, 11) is 1.43. The zero-order valence-corrected chi connectivity index (χ0v) is 20.3. The second kappa shape index (κ2) is 11.7. The van der Waals surface area contributed by atoms with Gasteiger partial charge in [-0.1, -0.05) is 22.0 Å². The minimum Gasteiger partial charge on any atom is -0.493 e. The van der Waals surface area contributed by atoms with Crippen molar-refractivity contribution in [3.05, 3.63) is 91.9 Å². The van der Waals surface area contributed by atoms with E-state index in [1.165, 1.54) is 25.5 Å². The number of rotatable bonds is 9. The summed E-state index contributed by atoms with van der Waals surface area (Å²) in [5.41, 5.74) is 3.68. The summed E-state index contributed by atoms with van der Waals surface area (Å²) in [5.74, 6) is -0.658. The van der Waals surface area contributed by atoms with Gasteiger partial charge in [0.15, 0.2) is 23.9 Å². The van der Waals surface area contributed by atoms with E-state index >= 15 is 0 Å². The summed E-state index contributed by atoms with van der Waals surface area (Å²) in [4.78, 5) is 34.9. The highest BCUT2D eigenvalue weighted by atomic mass is 79.9. The van der Waals surface area contributed by atoms with Crippen LogP contribution in [0.25, 0.3) is 0 Å². The van der Waals surface area contributed by atoms with Crippen molar-refractivity contribution in [2.75, 3.05) is 13.7 Å². The van der Waals surface area contributed by atoms with Crippen LogP contribution in [0.2, 0.25) is 0 Å². The van der Waals surface area contributed by atoms with Crippen molar-refractivity contribution >= 4 is 39.7 Å². The van der Waals surface area contributed by atoms with Crippen molar-refractivity contribution in [2.45, 2.75) is 6.92 Å². The molecule has 1 N–H and O–H groups in total. The Balaban J connectivity index is 1.58. The topological polar surface area (TPSA) is 129 Å². The highest BCUT2D eigenvalue weighted by molar-refractivity contribution is 9.10. The highest BCUT2D eigenvalue weighted by Crippen LogP contribution is 2.29. The number of nitro benzene ring substituents is 1. The van der Waals surface area contributed by atoms with Crippen LogP contribution in [0.1, 0.15) is 21.5 Å². The van der Waals surface area contributed by atoms with Gasteiger partial charge in [-0.05, 0) is 66.6 Å². The number of ether oxygens (including phenoxy) is 3. The lowest BCUT2D eigenvalue weighted by Crippen LogP contribution is -2.24. The molecule has 3 aromatic rings. The summed E-state index contributed by atoms with van der Waals surface area (Å²) >= 11 is 3.31. The van der Waals surface area contributed by atoms with Gasteiger partial charge in [-0.3, -0.25) is 14.9 Å². The smallest absolute Gasteiger partial charge is 0.343 e. The Morgan fingerprint density at radius 3 is 2.46 bits per heavy atom. The van der Waals surface area contributed by atoms with E-state index < -0.39 is 23.4 Å². The van der Waals surface area contributed by atoms with Gasteiger partial charge >= 0.3 is 11.7 Å². The molecule has 0 aliphatic rings. The Morgan fingerprint density at radius 2 is 1.77 bits per heavy atom. The molecule has 3 aromatic carbocycles. The van der Waals surface area contributed by atoms with Gasteiger partial charge in [-0.25, -0.2) is 10.2 Å². The van der Waals surface area contributed by atoms with E-state index in [1.54, 1.807) is 55.5 Å². The number of benzene rings is 3. The number of amides is 1. The standard InChI is InChI=1S/C24H20BrN3O7/c1-15-3-9-20(19(11-15)28(31)32)34-14-23(29)27-26-13-16-4-10-21(22(12-16)33-2)35-24(30)17-5-7-18(25)8-6-17/h3-13H,14H2,1-2H3,(H,27,29)/b26-13-. The number of aryl methyl sites for hydroxylation is 1. The summed E-state index contributed by atoms with van der Waals surface area (Å²) in [6, 6.07) is 15.9. The molecule has 1 amide bonds. The molecule has 0 fully saturated rings. The third kappa shape index (κ3) is 7.11. The van der Waals surface area contributed by atoms with Crippen molar-refractivity contribution < 1.29 is 28.7 Å². The summed E-state index contributed by atoms with van der Waals surface area (Å²) in [6.07, 6.45) is 1.36. The Bertz CT molecular complexity index is 1280. The fraction of sp³-hybridized carbons (Fsp3) is 0.125. The average Bonchev–Trinajstić information content (AvgIpc) is 2.84. The van der Waals surface area contributed by atoms with Crippen LogP contribution in [-0.2, 0) is 4.79 Å². The van der Waals surface area contributed by atoms with Crippen molar-refractivity contribution in [3.63, 3.8) is 0 Å². The fourth-order valence-electron chi connectivity index (χ4n) is 2.84. The number of hydrazone groups is 1. The average molecular weight is 542 g/mol. The van der Waals surface area contributed by atoms with Crippen molar-refractivity contribution in [3.8, 4) is 17.2 Å². The number of esters is 1. The number of carbonyl (C=O) groups is 2. The van der Waals surface area contributed by atoms with Gasteiger partial charge in [0.05, 0.1) is 23.8 Å². The first-order chi connectivity index (χ1) is 16.8. The van der Waals surface area contributed by atoms with Crippen LogP contribution >= 0.6 is 15.9 Å². The normalized spacial score (nSPS) is 10.6. The molecule has 0 atom stereocenters. The van der Waals surface area contributed by atoms with E-state index in [0.29, 0.717) is 22.4 Å². The van der Waals surface area contributed by atoms with Crippen LogP contribution in [0.3, 0.4) is 0 Å². The van der Waals surface area contributed by atoms with Crippen LogP contribution in [-0.4, -0.2) is 36.7 Å². The maximum absolute atomic E-state index is 12.3. The molecule has 0 unspecified atom stereocenters. The second-order valence-corrected chi connectivity index (χ2v) is 8.03. The first-order valence-electron chi connectivity index (χ1n) is 10.1. The van der Waals surface area contributed by atoms with Crippen molar-refractivity contribution in [2.24, 2.45) is 5.10 Å². The van der Waals surface area contributed by atoms with E-state index in [-0.39, 0.29) is 17.2 Å². The molecule has 0 aliphatic heterocycles. The molecule has 35 heavy (non-hydrogen) atoms. The molecular weight excluding hydrogens is 522 g/mol. The first kappa shape index (κ1) is 25.4. The lowest BCUT2D eigenvalue weighted by Gasteiger charge is -2.10. The van der Waals surface area contributed by atoms with Crippen molar-refractivity contribution in [1.29, 1.82) is 0 Å². The van der Waals surface area contributed by atoms with Crippen LogP contribution in [0.4, 0.5) is 5.69 Å². The molecular formula is C24H20BrN3O7. The molecule has 0 radical (unpaired) electrons.